The van der Waals surface area contributed by atoms with E-state index in [1.807, 2.05) is 36.4 Å². The monoisotopic (exact) mass is 371 g/mol. The SMILES string of the molecule is CC1(C)CC(=O)C2=C(C1)Oc1ccc3cc(O)ccc3c1C2c1ccccn1. The van der Waals surface area contributed by atoms with Crippen LogP contribution < -0.4 is 4.74 Å². The highest BCUT2D eigenvalue weighted by atomic mass is 16.5. The summed E-state index contributed by atoms with van der Waals surface area (Å²) >= 11 is 0. The van der Waals surface area contributed by atoms with Crippen molar-refractivity contribution < 1.29 is 14.6 Å². The van der Waals surface area contributed by atoms with Gasteiger partial charge in [-0.15, -0.1) is 0 Å². The molecule has 5 rings (SSSR count). The van der Waals surface area contributed by atoms with E-state index < -0.39 is 0 Å². The molecule has 0 amide bonds. The average molecular weight is 371 g/mol. The van der Waals surface area contributed by atoms with Crippen molar-refractivity contribution in [2.24, 2.45) is 5.41 Å². The van der Waals surface area contributed by atoms with Crippen molar-refractivity contribution in [3.05, 3.63) is 77.3 Å². The van der Waals surface area contributed by atoms with Crippen molar-refractivity contribution in [1.82, 2.24) is 4.98 Å². The van der Waals surface area contributed by atoms with Crippen LogP contribution in [0, 0.1) is 5.41 Å². The second kappa shape index (κ2) is 5.93. The van der Waals surface area contributed by atoms with Gasteiger partial charge < -0.3 is 9.84 Å². The van der Waals surface area contributed by atoms with Gasteiger partial charge in [0, 0.05) is 30.2 Å². The molecule has 0 spiro atoms. The Morgan fingerprint density at radius 1 is 1.11 bits per heavy atom. The number of allylic oxidation sites excluding steroid dienone is 2. The Hall–Kier alpha value is -3.14. The Morgan fingerprint density at radius 3 is 2.75 bits per heavy atom. The minimum absolute atomic E-state index is 0.120. The predicted molar refractivity (Wildman–Crippen MR) is 107 cm³/mol. The number of Topliss-reactive ketones (excluding diaryl/α,β-unsaturated/α-hetero) is 1. The van der Waals surface area contributed by atoms with E-state index in [0.29, 0.717) is 6.42 Å². The molecule has 28 heavy (non-hydrogen) atoms. The topological polar surface area (TPSA) is 59.4 Å². The van der Waals surface area contributed by atoms with Crippen LogP contribution in [0.25, 0.3) is 10.8 Å². The van der Waals surface area contributed by atoms with Gasteiger partial charge in [0.05, 0.1) is 11.6 Å². The van der Waals surface area contributed by atoms with Gasteiger partial charge >= 0.3 is 0 Å². The fourth-order valence-electron chi connectivity index (χ4n) is 4.52. The molecule has 0 bridgehead atoms. The van der Waals surface area contributed by atoms with Gasteiger partial charge in [0.15, 0.2) is 5.78 Å². The third kappa shape index (κ3) is 2.60. The second-order valence-electron chi connectivity index (χ2n) is 8.45. The fraction of sp³-hybridized carbons (Fsp3) is 0.250. The minimum atomic E-state index is -0.267. The Balaban J connectivity index is 1.82. The van der Waals surface area contributed by atoms with Crippen molar-refractivity contribution >= 4 is 16.6 Å². The molecule has 1 aromatic heterocycles. The highest BCUT2D eigenvalue weighted by Gasteiger charge is 2.43. The fourth-order valence-corrected chi connectivity index (χ4v) is 4.52. The summed E-state index contributed by atoms with van der Waals surface area (Å²) in [4.78, 5) is 17.8. The van der Waals surface area contributed by atoms with Gasteiger partial charge in [-0.2, -0.15) is 0 Å². The number of benzene rings is 2. The molecular formula is C24H21NO3. The van der Waals surface area contributed by atoms with E-state index in [-0.39, 0.29) is 22.9 Å². The van der Waals surface area contributed by atoms with Crippen LogP contribution in [-0.2, 0) is 4.79 Å². The van der Waals surface area contributed by atoms with Crippen LogP contribution in [0.5, 0.6) is 11.5 Å². The summed E-state index contributed by atoms with van der Waals surface area (Å²) in [6.45, 7) is 4.21. The predicted octanol–water partition coefficient (Wildman–Crippen LogP) is 5.11. The van der Waals surface area contributed by atoms with Crippen molar-refractivity contribution in [2.75, 3.05) is 0 Å². The maximum atomic E-state index is 13.2. The molecule has 1 unspecified atom stereocenters. The number of phenolic OH excluding ortho intramolecular Hbond substituents is 1. The standard InChI is InChI=1S/C24H21NO3/c1-24(2)12-18(27)23-20(13-24)28-19-9-6-14-11-15(26)7-8-16(14)21(19)22(23)17-5-3-4-10-25-17/h3-11,22,26H,12-13H2,1-2H3. The molecule has 0 fully saturated rings. The lowest BCUT2D eigenvalue weighted by Crippen LogP contribution is -2.33. The first-order valence-corrected chi connectivity index (χ1v) is 9.54. The highest BCUT2D eigenvalue weighted by Crippen LogP contribution is 2.51. The number of nitrogens with zero attached hydrogens (tertiary/aromatic N) is 1. The number of phenols is 1. The maximum Gasteiger partial charge on any atom is 0.163 e. The molecule has 0 saturated heterocycles. The quantitative estimate of drug-likeness (QED) is 0.646. The Bertz CT molecular complexity index is 1150. The molecule has 2 aromatic carbocycles. The van der Waals surface area contributed by atoms with Crippen LogP contribution in [0.2, 0.25) is 0 Å². The normalized spacial score (nSPS) is 20.5. The number of aromatic nitrogens is 1. The van der Waals surface area contributed by atoms with E-state index >= 15 is 0 Å². The van der Waals surface area contributed by atoms with Crippen LogP contribution in [-0.4, -0.2) is 15.9 Å². The molecule has 0 radical (unpaired) electrons. The molecule has 140 valence electrons. The summed E-state index contributed by atoms with van der Waals surface area (Å²) in [5.41, 5.74) is 2.40. The molecule has 3 aromatic rings. The van der Waals surface area contributed by atoms with E-state index in [0.717, 1.165) is 45.5 Å². The summed E-state index contributed by atoms with van der Waals surface area (Å²) in [5, 5.41) is 11.8. The first-order chi connectivity index (χ1) is 13.4. The highest BCUT2D eigenvalue weighted by molar-refractivity contribution is 6.02. The van der Waals surface area contributed by atoms with Gasteiger partial charge in [-0.1, -0.05) is 32.0 Å². The van der Waals surface area contributed by atoms with Crippen LogP contribution in [0.1, 0.15) is 43.9 Å². The van der Waals surface area contributed by atoms with E-state index in [9.17, 15) is 9.90 Å². The maximum absolute atomic E-state index is 13.2. The number of ether oxygens (including phenoxy) is 1. The van der Waals surface area contributed by atoms with Crippen LogP contribution in [0.15, 0.2) is 66.1 Å². The number of pyridine rings is 1. The second-order valence-corrected chi connectivity index (χ2v) is 8.45. The molecular weight excluding hydrogens is 350 g/mol. The molecule has 4 heteroatoms. The lowest BCUT2D eigenvalue weighted by atomic mass is 9.70. The number of hydrogen-bond donors (Lipinski definition) is 1. The van der Waals surface area contributed by atoms with Crippen molar-refractivity contribution in [1.29, 1.82) is 0 Å². The van der Waals surface area contributed by atoms with E-state index in [1.54, 1.807) is 18.3 Å². The Kier molecular flexibility index (Phi) is 3.60. The molecule has 1 aliphatic heterocycles. The zero-order valence-electron chi connectivity index (χ0n) is 15.9. The Morgan fingerprint density at radius 2 is 1.96 bits per heavy atom. The lowest BCUT2D eigenvalue weighted by molar-refractivity contribution is -0.118. The smallest absolute Gasteiger partial charge is 0.163 e. The zero-order valence-corrected chi connectivity index (χ0v) is 15.9. The summed E-state index contributed by atoms with van der Waals surface area (Å²) in [6, 6.07) is 15.0. The summed E-state index contributed by atoms with van der Waals surface area (Å²) in [6.07, 6.45) is 2.99. The summed E-state index contributed by atoms with van der Waals surface area (Å²) in [7, 11) is 0. The van der Waals surface area contributed by atoms with Gasteiger partial charge in [-0.25, -0.2) is 0 Å². The number of carbonyl (C=O) groups excluding carboxylic acids is 1. The Labute approximate surface area is 163 Å². The van der Waals surface area contributed by atoms with Gasteiger partial charge in [0.1, 0.15) is 17.3 Å². The average Bonchev–Trinajstić information content (AvgIpc) is 2.65. The summed E-state index contributed by atoms with van der Waals surface area (Å²) in [5.74, 6) is 1.61. The first kappa shape index (κ1) is 17.0. The van der Waals surface area contributed by atoms with E-state index in [2.05, 4.69) is 18.8 Å². The molecule has 4 nitrogen and oxygen atoms in total. The summed E-state index contributed by atoms with van der Waals surface area (Å²) < 4.78 is 6.30. The molecule has 2 aliphatic rings. The minimum Gasteiger partial charge on any atom is -0.508 e. The van der Waals surface area contributed by atoms with Crippen molar-refractivity contribution in [2.45, 2.75) is 32.6 Å². The lowest BCUT2D eigenvalue weighted by Gasteiger charge is -2.38. The van der Waals surface area contributed by atoms with Gasteiger partial charge in [-0.3, -0.25) is 9.78 Å². The van der Waals surface area contributed by atoms with Gasteiger partial charge in [0.25, 0.3) is 0 Å². The third-order valence-electron chi connectivity index (χ3n) is 5.68. The number of fused-ring (bicyclic) bond motifs is 3. The van der Waals surface area contributed by atoms with Crippen molar-refractivity contribution in [3.63, 3.8) is 0 Å². The third-order valence-corrected chi connectivity index (χ3v) is 5.68. The van der Waals surface area contributed by atoms with Crippen molar-refractivity contribution in [3.8, 4) is 11.5 Å². The van der Waals surface area contributed by atoms with Crippen LogP contribution in [0.3, 0.4) is 0 Å². The number of hydrogen-bond acceptors (Lipinski definition) is 4. The van der Waals surface area contributed by atoms with Gasteiger partial charge in [0.2, 0.25) is 0 Å². The molecule has 1 N–H and O–H groups in total. The van der Waals surface area contributed by atoms with Crippen LogP contribution in [0.4, 0.5) is 0 Å². The number of carbonyl (C=O) groups is 1. The molecule has 1 atom stereocenters. The molecule has 1 aliphatic carbocycles. The zero-order chi connectivity index (χ0) is 19.5. The number of rotatable bonds is 1. The first-order valence-electron chi connectivity index (χ1n) is 9.54. The van der Waals surface area contributed by atoms with Gasteiger partial charge in [-0.05, 0) is 46.5 Å². The molecule has 0 saturated carbocycles. The largest absolute Gasteiger partial charge is 0.508 e. The van der Waals surface area contributed by atoms with E-state index in [1.165, 1.54) is 0 Å². The molecule has 2 heterocycles. The number of aromatic hydroxyl groups is 1. The van der Waals surface area contributed by atoms with Crippen LogP contribution >= 0.6 is 0 Å². The number of ketones is 1. The van der Waals surface area contributed by atoms with E-state index in [4.69, 9.17) is 4.74 Å².